The Bertz CT molecular complexity index is 467. The highest BCUT2D eigenvalue weighted by Gasteiger charge is 2.30. The largest absolute Gasteiger partial charge is 0.416 e. The molecule has 1 aliphatic heterocycles. The number of amides is 1. The normalized spacial score (nSPS) is 20.6. The van der Waals surface area contributed by atoms with Gasteiger partial charge in [0, 0.05) is 18.7 Å². The molecule has 2 nitrogen and oxygen atoms in total. The monoisotopic (exact) mass is 285 g/mol. The lowest BCUT2D eigenvalue weighted by atomic mass is 10.0. The fourth-order valence-corrected chi connectivity index (χ4v) is 2.45. The highest BCUT2D eigenvalue weighted by atomic mass is 19.4. The first-order valence-corrected chi connectivity index (χ1v) is 6.84. The second-order valence-corrected chi connectivity index (χ2v) is 5.40. The minimum Gasteiger partial charge on any atom is -0.339 e. The molecule has 0 radical (unpaired) electrons. The second-order valence-electron chi connectivity index (χ2n) is 5.40. The second kappa shape index (κ2) is 5.85. The Morgan fingerprint density at radius 2 is 1.80 bits per heavy atom. The van der Waals surface area contributed by atoms with E-state index in [2.05, 4.69) is 6.92 Å². The summed E-state index contributed by atoms with van der Waals surface area (Å²) in [5.41, 5.74) is -0.397. The van der Waals surface area contributed by atoms with Gasteiger partial charge < -0.3 is 4.90 Å². The summed E-state index contributed by atoms with van der Waals surface area (Å²) in [5.74, 6) is 0.424. The first kappa shape index (κ1) is 14.9. The van der Waals surface area contributed by atoms with E-state index in [9.17, 15) is 18.0 Å². The first-order valence-electron chi connectivity index (χ1n) is 6.84. The third-order valence-electron chi connectivity index (χ3n) is 3.76. The molecule has 20 heavy (non-hydrogen) atoms. The zero-order chi connectivity index (χ0) is 14.8. The fraction of sp³-hybridized carbons (Fsp3) is 0.533. The summed E-state index contributed by atoms with van der Waals surface area (Å²) < 4.78 is 37.4. The van der Waals surface area contributed by atoms with E-state index in [-0.39, 0.29) is 5.91 Å². The van der Waals surface area contributed by atoms with Crippen molar-refractivity contribution >= 4 is 5.91 Å². The quantitative estimate of drug-likeness (QED) is 0.764. The number of carbonyl (C=O) groups excluding carboxylic acids is 1. The number of hydrogen-bond donors (Lipinski definition) is 0. The van der Waals surface area contributed by atoms with Gasteiger partial charge in [-0.05, 0) is 49.4 Å². The van der Waals surface area contributed by atoms with E-state index in [0.29, 0.717) is 24.6 Å². The molecule has 2 rings (SSSR count). The summed E-state index contributed by atoms with van der Waals surface area (Å²) in [6, 6.07) is 4.46. The Hall–Kier alpha value is -1.52. The topological polar surface area (TPSA) is 20.3 Å². The van der Waals surface area contributed by atoms with Gasteiger partial charge in [-0.1, -0.05) is 6.92 Å². The van der Waals surface area contributed by atoms with Crippen LogP contribution in [0.25, 0.3) is 0 Å². The van der Waals surface area contributed by atoms with Crippen molar-refractivity contribution in [3.8, 4) is 0 Å². The third kappa shape index (κ3) is 3.52. The lowest BCUT2D eigenvalue weighted by Gasteiger charge is -2.20. The maximum absolute atomic E-state index is 12.5. The Labute approximate surface area is 116 Å². The Morgan fingerprint density at radius 3 is 2.40 bits per heavy atom. The number of halogens is 3. The molecule has 0 spiro atoms. The van der Waals surface area contributed by atoms with Gasteiger partial charge in [-0.2, -0.15) is 13.2 Å². The van der Waals surface area contributed by atoms with Crippen LogP contribution in [0.15, 0.2) is 24.3 Å². The molecule has 1 heterocycles. The summed E-state index contributed by atoms with van der Waals surface area (Å²) in [7, 11) is 0. The molecule has 1 unspecified atom stereocenters. The Balaban J connectivity index is 2.09. The van der Waals surface area contributed by atoms with E-state index in [1.165, 1.54) is 12.1 Å². The minimum absolute atomic E-state index is 0.173. The van der Waals surface area contributed by atoms with Crippen LogP contribution in [-0.4, -0.2) is 23.9 Å². The number of benzene rings is 1. The van der Waals surface area contributed by atoms with E-state index in [0.717, 1.165) is 31.4 Å². The molecule has 110 valence electrons. The lowest BCUT2D eigenvalue weighted by molar-refractivity contribution is -0.137. The molecule has 1 aromatic rings. The molecule has 1 saturated heterocycles. The van der Waals surface area contributed by atoms with Crippen molar-refractivity contribution in [2.75, 3.05) is 13.1 Å². The summed E-state index contributed by atoms with van der Waals surface area (Å²) in [5, 5.41) is 0. The van der Waals surface area contributed by atoms with Crippen LogP contribution in [0, 0.1) is 5.92 Å². The number of hydrogen-bond acceptors (Lipinski definition) is 1. The summed E-state index contributed by atoms with van der Waals surface area (Å²) in [6.45, 7) is 3.53. The zero-order valence-corrected chi connectivity index (χ0v) is 11.4. The molecule has 0 saturated carbocycles. The van der Waals surface area contributed by atoms with Crippen LogP contribution >= 0.6 is 0 Å². The van der Waals surface area contributed by atoms with Crippen LogP contribution in [0.4, 0.5) is 13.2 Å². The molecule has 1 fully saturated rings. The van der Waals surface area contributed by atoms with Gasteiger partial charge in [0.05, 0.1) is 5.56 Å². The minimum atomic E-state index is -4.36. The lowest BCUT2D eigenvalue weighted by Crippen LogP contribution is -2.32. The van der Waals surface area contributed by atoms with Gasteiger partial charge in [-0.25, -0.2) is 0 Å². The van der Waals surface area contributed by atoms with E-state index >= 15 is 0 Å². The first-order chi connectivity index (χ1) is 9.38. The van der Waals surface area contributed by atoms with Crippen molar-refractivity contribution in [2.45, 2.75) is 32.4 Å². The fourth-order valence-electron chi connectivity index (χ4n) is 2.45. The Kier molecular flexibility index (Phi) is 4.35. The van der Waals surface area contributed by atoms with Crippen LogP contribution in [0.1, 0.15) is 42.1 Å². The van der Waals surface area contributed by atoms with Crippen LogP contribution in [0.5, 0.6) is 0 Å². The molecule has 0 bridgehead atoms. The predicted octanol–water partition coefficient (Wildman–Crippen LogP) is 3.97. The van der Waals surface area contributed by atoms with E-state index in [4.69, 9.17) is 0 Å². The van der Waals surface area contributed by atoms with Gasteiger partial charge in [0.2, 0.25) is 0 Å². The molecule has 0 aromatic heterocycles. The molecule has 1 atom stereocenters. The van der Waals surface area contributed by atoms with E-state index in [1.807, 2.05) is 0 Å². The summed E-state index contributed by atoms with van der Waals surface area (Å²) in [4.78, 5) is 14.0. The number of carbonyl (C=O) groups is 1. The molecule has 0 N–H and O–H groups in total. The maximum atomic E-state index is 12.5. The molecule has 5 heteroatoms. The van der Waals surface area contributed by atoms with Gasteiger partial charge in [0.1, 0.15) is 0 Å². The summed E-state index contributed by atoms with van der Waals surface area (Å²) in [6.07, 6.45) is -1.36. The molecule has 1 aliphatic rings. The molecular formula is C15H18F3NO. The zero-order valence-electron chi connectivity index (χ0n) is 11.4. The van der Waals surface area contributed by atoms with Gasteiger partial charge in [0.15, 0.2) is 0 Å². The highest BCUT2D eigenvalue weighted by molar-refractivity contribution is 5.94. The number of alkyl halides is 3. The smallest absolute Gasteiger partial charge is 0.339 e. The van der Waals surface area contributed by atoms with Crippen molar-refractivity contribution in [1.29, 1.82) is 0 Å². The molecule has 1 aromatic carbocycles. The van der Waals surface area contributed by atoms with Gasteiger partial charge in [-0.15, -0.1) is 0 Å². The van der Waals surface area contributed by atoms with Crippen LogP contribution < -0.4 is 0 Å². The maximum Gasteiger partial charge on any atom is 0.416 e. The Morgan fingerprint density at radius 1 is 1.15 bits per heavy atom. The molecule has 1 amide bonds. The SMILES string of the molecule is CC1CCCN(C(=O)c2ccc(C(F)(F)F)cc2)CC1. The van der Waals surface area contributed by atoms with Crippen molar-refractivity contribution < 1.29 is 18.0 Å². The summed E-state index contributed by atoms with van der Waals surface area (Å²) >= 11 is 0. The van der Waals surface area contributed by atoms with E-state index in [1.54, 1.807) is 4.90 Å². The molecule has 0 aliphatic carbocycles. The average molecular weight is 285 g/mol. The number of rotatable bonds is 1. The van der Waals surface area contributed by atoms with Gasteiger partial charge in [-0.3, -0.25) is 4.79 Å². The van der Waals surface area contributed by atoms with Gasteiger partial charge >= 0.3 is 6.18 Å². The molecular weight excluding hydrogens is 267 g/mol. The van der Waals surface area contributed by atoms with Gasteiger partial charge in [0.25, 0.3) is 5.91 Å². The van der Waals surface area contributed by atoms with Crippen LogP contribution in [-0.2, 0) is 6.18 Å². The number of likely N-dealkylation sites (tertiary alicyclic amines) is 1. The van der Waals surface area contributed by atoms with Crippen molar-refractivity contribution in [2.24, 2.45) is 5.92 Å². The highest BCUT2D eigenvalue weighted by Crippen LogP contribution is 2.29. The van der Waals surface area contributed by atoms with E-state index < -0.39 is 11.7 Å². The van der Waals surface area contributed by atoms with Crippen LogP contribution in [0.2, 0.25) is 0 Å². The third-order valence-corrected chi connectivity index (χ3v) is 3.76. The van der Waals surface area contributed by atoms with Crippen molar-refractivity contribution in [1.82, 2.24) is 4.90 Å². The average Bonchev–Trinajstić information content (AvgIpc) is 2.62. The van der Waals surface area contributed by atoms with Crippen LogP contribution in [0.3, 0.4) is 0 Å². The number of nitrogens with zero attached hydrogens (tertiary/aromatic N) is 1. The predicted molar refractivity (Wildman–Crippen MR) is 70.4 cm³/mol. The van der Waals surface area contributed by atoms with Crippen molar-refractivity contribution in [3.05, 3.63) is 35.4 Å². The van der Waals surface area contributed by atoms with Crippen molar-refractivity contribution in [3.63, 3.8) is 0 Å². The standard InChI is InChI=1S/C15H18F3NO/c1-11-3-2-9-19(10-8-11)14(20)12-4-6-13(7-5-12)15(16,17)18/h4-7,11H,2-3,8-10H2,1H3.